The maximum absolute atomic E-state index is 12.8. The molecule has 0 bridgehead atoms. The van der Waals surface area contributed by atoms with Crippen molar-refractivity contribution < 1.29 is 4.79 Å². The zero-order chi connectivity index (χ0) is 27.8. The van der Waals surface area contributed by atoms with Gasteiger partial charge >= 0.3 is 0 Å². The van der Waals surface area contributed by atoms with E-state index in [9.17, 15) is 4.79 Å². The predicted octanol–water partition coefficient (Wildman–Crippen LogP) is 6.54. The standard InChI is InChI=1S/C34H28N6O/c1-23-30-12-9-26(20-27(30)22-36-23)32-14-13-31(33-35-15-18-40(32)33)38-28-10-7-25(8-11-28)34(41)37-21-24-5-4-6-29(19-24)39-16-2-3-17-39/h2-20,36,38H,1,21-22H2,(H,37,41). The smallest absolute Gasteiger partial charge is 0.251 e. The molecule has 4 heterocycles. The van der Waals surface area contributed by atoms with E-state index in [0.717, 1.165) is 51.8 Å². The van der Waals surface area contributed by atoms with E-state index in [1.807, 2.05) is 90.0 Å². The highest BCUT2D eigenvalue weighted by atomic mass is 16.1. The lowest BCUT2D eigenvalue weighted by Crippen LogP contribution is -2.22. The molecule has 0 spiro atoms. The van der Waals surface area contributed by atoms with Gasteiger partial charge in [-0.25, -0.2) is 4.98 Å². The molecule has 0 radical (unpaired) electrons. The number of nitrogens with zero attached hydrogens (tertiary/aromatic N) is 3. The average molecular weight is 537 g/mol. The van der Waals surface area contributed by atoms with Gasteiger partial charge in [-0.1, -0.05) is 30.8 Å². The van der Waals surface area contributed by atoms with Crippen LogP contribution in [0.4, 0.5) is 11.4 Å². The third-order valence-corrected chi connectivity index (χ3v) is 7.46. The normalized spacial score (nSPS) is 12.2. The number of nitrogens with one attached hydrogen (secondary N) is 3. The van der Waals surface area contributed by atoms with Gasteiger partial charge in [0.1, 0.15) is 0 Å². The van der Waals surface area contributed by atoms with Crippen LogP contribution in [0.3, 0.4) is 0 Å². The highest BCUT2D eigenvalue weighted by molar-refractivity contribution is 5.94. The fourth-order valence-electron chi connectivity index (χ4n) is 5.32. The molecule has 0 fully saturated rings. The largest absolute Gasteiger partial charge is 0.381 e. The SMILES string of the molecule is C=C1NCc2cc(-c3ccc(Nc4ccc(C(=O)NCc5cccc(-n6cccc6)c5)cc4)c4nccn34)ccc21. The first kappa shape index (κ1) is 24.5. The van der Waals surface area contributed by atoms with Gasteiger partial charge in [0.05, 0.1) is 11.4 Å². The molecule has 0 saturated carbocycles. The van der Waals surface area contributed by atoms with Crippen LogP contribution in [0.2, 0.25) is 0 Å². The number of pyridine rings is 1. The van der Waals surface area contributed by atoms with Crippen molar-refractivity contribution in [2.24, 2.45) is 0 Å². The maximum Gasteiger partial charge on any atom is 0.251 e. The molecule has 0 saturated heterocycles. The first-order chi connectivity index (χ1) is 20.1. The van der Waals surface area contributed by atoms with E-state index in [4.69, 9.17) is 0 Å². The fraction of sp³-hybridized carbons (Fsp3) is 0.0588. The predicted molar refractivity (Wildman–Crippen MR) is 163 cm³/mol. The van der Waals surface area contributed by atoms with Crippen molar-refractivity contribution in [1.82, 2.24) is 24.6 Å². The Hall–Kier alpha value is -5.56. The number of aromatic nitrogens is 3. The van der Waals surface area contributed by atoms with Crippen molar-refractivity contribution in [3.63, 3.8) is 0 Å². The number of fused-ring (bicyclic) bond motifs is 2. The number of hydrogen-bond acceptors (Lipinski definition) is 4. The zero-order valence-corrected chi connectivity index (χ0v) is 22.3. The van der Waals surface area contributed by atoms with Crippen molar-refractivity contribution in [2.45, 2.75) is 13.1 Å². The summed E-state index contributed by atoms with van der Waals surface area (Å²) < 4.78 is 4.14. The highest BCUT2D eigenvalue weighted by Crippen LogP contribution is 2.31. The van der Waals surface area contributed by atoms with E-state index < -0.39 is 0 Å². The van der Waals surface area contributed by atoms with Gasteiger partial charge in [-0.2, -0.15) is 0 Å². The van der Waals surface area contributed by atoms with E-state index in [0.29, 0.717) is 12.1 Å². The Labute approximate surface area is 237 Å². The molecule has 3 aromatic carbocycles. The Morgan fingerprint density at radius 3 is 2.63 bits per heavy atom. The summed E-state index contributed by atoms with van der Waals surface area (Å²) in [6.45, 7) is 5.33. The number of carbonyl (C=O) groups excluding carboxylic acids is 1. The number of carbonyl (C=O) groups is 1. The lowest BCUT2D eigenvalue weighted by molar-refractivity contribution is 0.0951. The van der Waals surface area contributed by atoms with Crippen molar-refractivity contribution in [1.29, 1.82) is 0 Å². The first-order valence-electron chi connectivity index (χ1n) is 13.5. The van der Waals surface area contributed by atoms with Crippen LogP contribution in [-0.2, 0) is 13.1 Å². The summed E-state index contributed by atoms with van der Waals surface area (Å²) >= 11 is 0. The molecule has 0 aliphatic carbocycles. The van der Waals surface area contributed by atoms with E-state index in [2.05, 4.69) is 62.2 Å². The summed E-state index contributed by atoms with van der Waals surface area (Å²) in [7, 11) is 0. The molecular weight excluding hydrogens is 508 g/mol. The molecule has 1 amide bonds. The number of rotatable bonds is 7. The van der Waals surface area contributed by atoms with Crippen LogP contribution in [0, 0.1) is 0 Å². The Kier molecular flexibility index (Phi) is 6.09. The second-order valence-electron chi connectivity index (χ2n) is 10.1. The minimum atomic E-state index is -0.115. The Morgan fingerprint density at radius 1 is 0.927 bits per heavy atom. The van der Waals surface area contributed by atoms with Crippen molar-refractivity contribution in [2.75, 3.05) is 5.32 Å². The maximum atomic E-state index is 12.8. The molecule has 41 heavy (non-hydrogen) atoms. The molecule has 200 valence electrons. The first-order valence-corrected chi connectivity index (χ1v) is 13.5. The summed E-state index contributed by atoms with van der Waals surface area (Å²) in [5, 5.41) is 9.81. The molecule has 0 unspecified atom stereocenters. The Bertz CT molecular complexity index is 1900. The minimum absolute atomic E-state index is 0.115. The Morgan fingerprint density at radius 2 is 1.78 bits per heavy atom. The van der Waals surface area contributed by atoms with Crippen LogP contribution in [0.15, 0.2) is 122 Å². The van der Waals surface area contributed by atoms with Gasteiger partial charge < -0.3 is 20.5 Å². The molecule has 7 nitrogen and oxygen atoms in total. The van der Waals surface area contributed by atoms with E-state index in [-0.39, 0.29) is 5.91 Å². The summed E-state index contributed by atoms with van der Waals surface area (Å²) in [5.41, 5.74) is 10.9. The van der Waals surface area contributed by atoms with Gasteiger partial charge in [0.15, 0.2) is 5.65 Å². The minimum Gasteiger partial charge on any atom is -0.381 e. The summed E-state index contributed by atoms with van der Waals surface area (Å²) in [6, 6.07) is 30.2. The quantitative estimate of drug-likeness (QED) is 0.217. The summed E-state index contributed by atoms with van der Waals surface area (Å²) in [4.78, 5) is 17.5. The van der Waals surface area contributed by atoms with Crippen LogP contribution < -0.4 is 16.0 Å². The molecular formula is C34H28N6O. The van der Waals surface area contributed by atoms with Crippen LogP contribution >= 0.6 is 0 Å². The lowest BCUT2D eigenvalue weighted by Gasteiger charge is -2.13. The van der Waals surface area contributed by atoms with Crippen LogP contribution in [0.5, 0.6) is 0 Å². The van der Waals surface area contributed by atoms with E-state index in [1.165, 1.54) is 11.1 Å². The molecule has 1 aliphatic rings. The average Bonchev–Trinajstić information content (AvgIpc) is 3.79. The zero-order valence-electron chi connectivity index (χ0n) is 22.3. The van der Waals surface area contributed by atoms with Crippen LogP contribution in [0.1, 0.15) is 27.0 Å². The van der Waals surface area contributed by atoms with E-state index >= 15 is 0 Å². The second-order valence-corrected chi connectivity index (χ2v) is 10.1. The van der Waals surface area contributed by atoms with Gasteiger partial charge in [0.25, 0.3) is 5.91 Å². The molecule has 0 atom stereocenters. The van der Waals surface area contributed by atoms with Gasteiger partial charge in [0.2, 0.25) is 0 Å². The summed E-state index contributed by atoms with van der Waals surface area (Å²) in [6.07, 6.45) is 7.79. The van der Waals surface area contributed by atoms with Crippen LogP contribution in [0.25, 0.3) is 28.3 Å². The van der Waals surface area contributed by atoms with Gasteiger partial charge in [0, 0.05) is 66.1 Å². The molecule has 7 heteroatoms. The lowest BCUT2D eigenvalue weighted by atomic mass is 10.0. The van der Waals surface area contributed by atoms with Crippen molar-refractivity contribution in [3.8, 4) is 16.9 Å². The number of imidazole rings is 1. The fourth-order valence-corrected chi connectivity index (χ4v) is 5.32. The molecule has 6 aromatic rings. The number of hydrogen-bond donors (Lipinski definition) is 3. The topological polar surface area (TPSA) is 75.4 Å². The van der Waals surface area contributed by atoms with Crippen molar-refractivity contribution in [3.05, 3.63) is 145 Å². The Balaban J connectivity index is 1.04. The summed E-state index contributed by atoms with van der Waals surface area (Å²) in [5.74, 6) is -0.115. The van der Waals surface area contributed by atoms with Crippen LogP contribution in [-0.4, -0.2) is 19.9 Å². The third-order valence-electron chi connectivity index (χ3n) is 7.46. The van der Waals surface area contributed by atoms with Gasteiger partial charge in [-0.05, 0) is 83.4 Å². The van der Waals surface area contributed by atoms with Gasteiger partial charge in [-0.15, -0.1) is 0 Å². The number of anilines is 2. The number of benzene rings is 3. The van der Waals surface area contributed by atoms with E-state index in [1.54, 1.807) is 0 Å². The monoisotopic (exact) mass is 536 g/mol. The molecule has 3 aromatic heterocycles. The number of amides is 1. The van der Waals surface area contributed by atoms with Gasteiger partial charge in [-0.3, -0.25) is 9.20 Å². The molecule has 3 N–H and O–H groups in total. The molecule has 1 aliphatic heterocycles. The second kappa shape index (κ2) is 10.2. The third kappa shape index (κ3) is 4.74. The molecule has 7 rings (SSSR count). The van der Waals surface area contributed by atoms with Crippen molar-refractivity contribution >= 4 is 28.6 Å². The highest BCUT2D eigenvalue weighted by Gasteiger charge is 2.16.